The van der Waals surface area contributed by atoms with Gasteiger partial charge in [0.1, 0.15) is 5.75 Å². The highest BCUT2D eigenvalue weighted by Crippen LogP contribution is 2.21. The largest absolute Gasteiger partial charge is 0.484 e. The van der Waals surface area contributed by atoms with E-state index in [1.54, 1.807) is 18.2 Å². The number of aryl methyl sites for hydroxylation is 1. The van der Waals surface area contributed by atoms with E-state index in [0.717, 1.165) is 10.0 Å². The second-order valence-electron chi connectivity index (χ2n) is 4.60. The Labute approximate surface area is 136 Å². The van der Waals surface area contributed by atoms with Crippen LogP contribution in [0.4, 0.5) is 5.69 Å². The van der Waals surface area contributed by atoms with Crippen LogP contribution in [-0.2, 0) is 4.79 Å². The molecule has 0 saturated heterocycles. The Bertz CT molecular complexity index is 715. The third-order valence-corrected chi connectivity index (χ3v) is 3.82. The number of benzene rings is 2. The number of carbonyl (C=O) groups excluding carboxylic acids is 1. The van der Waals surface area contributed by atoms with E-state index in [-0.39, 0.29) is 17.9 Å². The lowest BCUT2D eigenvalue weighted by Crippen LogP contribution is -2.21. The van der Waals surface area contributed by atoms with Crippen molar-refractivity contribution in [3.8, 4) is 5.75 Å². The number of amides is 1. The van der Waals surface area contributed by atoms with E-state index < -0.39 is 11.9 Å². The maximum absolute atomic E-state index is 11.9. The molecule has 0 atom stereocenters. The van der Waals surface area contributed by atoms with Gasteiger partial charge in [-0.1, -0.05) is 28.1 Å². The molecular weight excluding hydrogens is 350 g/mol. The number of hydrogen-bond donors (Lipinski definition) is 2. The van der Waals surface area contributed by atoms with Gasteiger partial charge in [-0.3, -0.25) is 4.79 Å². The molecule has 0 radical (unpaired) electrons. The van der Waals surface area contributed by atoms with Crippen molar-refractivity contribution in [3.63, 3.8) is 0 Å². The highest BCUT2D eigenvalue weighted by atomic mass is 79.9. The Hall–Kier alpha value is -2.34. The Balaban J connectivity index is 1.99. The van der Waals surface area contributed by atoms with Gasteiger partial charge in [-0.15, -0.1) is 0 Å². The molecular formula is C16H14BrNO4. The van der Waals surface area contributed by atoms with E-state index in [1.807, 2.05) is 19.1 Å². The van der Waals surface area contributed by atoms with Gasteiger partial charge >= 0.3 is 5.97 Å². The highest BCUT2D eigenvalue weighted by molar-refractivity contribution is 9.10. The molecule has 2 aromatic rings. The summed E-state index contributed by atoms with van der Waals surface area (Å²) in [6.45, 7) is 1.72. The number of nitrogens with one attached hydrogen (secondary N) is 1. The van der Waals surface area contributed by atoms with Crippen LogP contribution in [0.5, 0.6) is 5.75 Å². The molecule has 0 unspecified atom stereocenters. The molecule has 0 fully saturated rings. The average Bonchev–Trinajstić information content (AvgIpc) is 2.49. The lowest BCUT2D eigenvalue weighted by molar-refractivity contribution is -0.118. The lowest BCUT2D eigenvalue weighted by Gasteiger charge is -2.10. The van der Waals surface area contributed by atoms with Gasteiger partial charge in [-0.05, 0) is 42.8 Å². The molecule has 22 heavy (non-hydrogen) atoms. The topological polar surface area (TPSA) is 75.6 Å². The van der Waals surface area contributed by atoms with Crippen molar-refractivity contribution in [1.29, 1.82) is 0 Å². The molecule has 6 heteroatoms. The van der Waals surface area contributed by atoms with E-state index in [0.29, 0.717) is 5.75 Å². The predicted octanol–water partition coefficient (Wildman–Crippen LogP) is 3.47. The van der Waals surface area contributed by atoms with Crippen molar-refractivity contribution < 1.29 is 19.4 Å². The summed E-state index contributed by atoms with van der Waals surface area (Å²) in [7, 11) is 0. The van der Waals surface area contributed by atoms with E-state index >= 15 is 0 Å². The van der Waals surface area contributed by atoms with Crippen molar-refractivity contribution in [2.24, 2.45) is 0 Å². The van der Waals surface area contributed by atoms with Gasteiger partial charge in [0.2, 0.25) is 0 Å². The first-order valence-electron chi connectivity index (χ1n) is 6.48. The van der Waals surface area contributed by atoms with Crippen LogP contribution in [0.15, 0.2) is 46.9 Å². The van der Waals surface area contributed by atoms with Crippen molar-refractivity contribution in [2.75, 3.05) is 11.9 Å². The van der Waals surface area contributed by atoms with Gasteiger partial charge in [0.15, 0.2) is 6.61 Å². The Morgan fingerprint density at radius 3 is 2.64 bits per heavy atom. The second-order valence-corrected chi connectivity index (χ2v) is 5.45. The van der Waals surface area contributed by atoms with Crippen LogP contribution in [-0.4, -0.2) is 23.6 Å². The lowest BCUT2D eigenvalue weighted by atomic mass is 10.2. The molecule has 0 aliphatic rings. The number of rotatable bonds is 5. The molecule has 2 rings (SSSR count). The summed E-state index contributed by atoms with van der Waals surface area (Å²) < 4.78 is 6.35. The summed E-state index contributed by atoms with van der Waals surface area (Å²) in [4.78, 5) is 22.9. The van der Waals surface area contributed by atoms with Gasteiger partial charge in [0.05, 0.1) is 11.3 Å². The quantitative estimate of drug-likeness (QED) is 0.852. The first-order chi connectivity index (χ1) is 10.5. The van der Waals surface area contributed by atoms with Gasteiger partial charge in [-0.2, -0.15) is 0 Å². The monoisotopic (exact) mass is 363 g/mol. The second kappa shape index (κ2) is 7.09. The third-order valence-electron chi connectivity index (χ3n) is 2.93. The van der Waals surface area contributed by atoms with Gasteiger partial charge in [0.25, 0.3) is 5.91 Å². The highest BCUT2D eigenvalue weighted by Gasteiger charge is 2.12. The number of halogens is 1. The number of aromatic carboxylic acids is 1. The normalized spacial score (nSPS) is 10.1. The fourth-order valence-corrected chi connectivity index (χ4v) is 2.07. The summed E-state index contributed by atoms with van der Waals surface area (Å²) in [6.07, 6.45) is 0. The number of anilines is 1. The van der Waals surface area contributed by atoms with E-state index in [1.165, 1.54) is 12.1 Å². The average molecular weight is 364 g/mol. The minimum absolute atomic E-state index is 0.0373. The number of ether oxygens (including phenoxy) is 1. The molecule has 0 bridgehead atoms. The van der Waals surface area contributed by atoms with E-state index in [2.05, 4.69) is 21.2 Å². The molecule has 0 aliphatic heterocycles. The van der Waals surface area contributed by atoms with Crippen LogP contribution >= 0.6 is 15.9 Å². The number of carboxylic acids is 1. The van der Waals surface area contributed by atoms with Crippen LogP contribution in [0.3, 0.4) is 0 Å². The van der Waals surface area contributed by atoms with Crippen LogP contribution in [0.2, 0.25) is 0 Å². The van der Waals surface area contributed by atoms with Gasteiger partial charge in [0, 0.05) is 4.47 Å². The summed E-state index contributed by atoms with van der Waals surface area (Å²) >= 11 is 3.38. The Morgan fingerprint density at radius 1 is 1.23 bits per heavy atom. The van der Waals surface area contributed by atoms with Crippen LogP contribution in [0.1, 0.15) is 15.9 Å². The third kappa shape index (κ3) is 4.08. The molecule has 0 aromatic heterocycles. The zero-order chi connectivity index (χ0) is 16.1. The summed E-state index contributed by atoms with van der Waals surface area (Å²) in [5, 5.41) is 11.6. The standard InChI is InChI=1S/C16H14BrNO4/c1-10-8-11(6-7-13(10)17)22-9-15(19)18-14-5-3-2-4-12(14)16(20)21/h2-8H,9H2,1H3,(H,18,19)(H,20,21). The smallest absolute Gasteiger partial charge is 0.337 e. The van der Waals surface area contributed by atoms with Gasteiger partial charge < -0.3 is 15.2 Å². The van der Waals surface area contributed by atoms with E-state index in [4.69, 9.17) is 9.84 Å². The molecule has 1 amide bonds. The van der Waals surface area contributed by atoms with Gasteiger partial charge in [-0.25, -0.2) is 4.79 Å². The van der Waals surface area contributed by atoms with Crippen LogP contribution in [0, 0.1) is 6.92 Å². The zero-order valence-electron chi connectivity index (χ0n) is 11.8. The van der Waals surface area contributed by atoms with Crippen LogP contribution < -0.4 is 10.1 Å². The first kappa shape index (κ1) is 16.0. The maximum Gasteiger partial charge on any atom is 0.337 e. The first-order valence-corrected chi connectivity index (χ1v) is 7.28. The minimum atomic E-state index is -1.10. The van der Waals surface area contributed by atoms with Crippen molar-refractivity contribution in [2.45, 2.75) is 6.92 Å². The molecule has 114 valence electrons. The minimum Gasteiger partial charge on any atom is -0.484 e. The molecule has 0 spiro atoms. The molecule has 0 saturated carbocycles. The number of carboxylic acid groups (broad SMARTS) is 1. The number of hydrogen-bond acceptors (Lipinski definition) is 3. The molecule has 5 nitrogen and oxygen atoms in total. The summed E-state index contributed by atoms with van der Waals surface area (Å²) in [5.74, 6) is -0.947. The predicted molar refractivity (Wildman–Crippen MR) is 86.4 cm³/mol. The van der Waals surface area contributed by atoms with Crippen molar-refractivity contribution in [1.82, 2.24) is 0 Å². The molecule has 2 aromatic carbocycles. The van der Waals surface area contributed by atoms with Crippen LogP contribution in [0.25, 0.3) is 0 Å². The molecule has 0 aliphatic carbocycles. The molecule has 0 heterocycles. The summed E-state index contributed by atoms with van der Waals surface area (Å²) in [5.41, 5.74) is 1.28. The van der Waals surface area contributed by atoms with Crippen molar-refractivity contribution in [3.05, 3.63) is 58.1 Å². The zero-order valence-corrected chi connectivity index (χ0v) is 13.4. The number of carbonyl (C=O) groups is 2. The Morgan fingerprint density at radius 2 is 1.95 bits per heavy atom. The number of para-hydroxylation sites is 1. The SMILES string of the molecule is Cc1cc(OCC(=O)Nc2ccccc2C(=O)O)ccc1Br. The van der Waals surface area contributed by atoms with E-state index in [9.17, 15) is 9.59 Å². The fourth-order valence-electron chi connectivity index (χ4n) is 1.82. The molecule has 2 N–H and O–H groups in total. The maximum atomic E-state index is 11.9. The fraction of sp³-hybridized carbons (Fsp3) is 0.125. The Kier molecular flexibility index (Phi) is 5.16. The summed E-state index contributed by atoms with van der Waals surface area (Å²) in [6, 6.07) is 11.6. The van der Waals surface area contributed by atoms with Crippen molar-refractivity contribution >= 4 is 33.5 Å².